The molecular weight excluding hydrogens is 304 g/mol. The van der Waals surface area contributed by atoms with Gasteiger partial charge in [0.2, 0.25) is 0 Å². The Balaban J connectivity index is 2.32. The number of nitrogens with one attached hydrogen (secondary N) is 1. The zero-order valence-corrected chi connectivity index (χ0v) is 12.2. The maximum absolute atomic E-state index is 11.9. The fraction of sp³-hybridized carbons (Fsp3) is 0.133. The molecule has 0 radical (unpaired) electrons. The fourth-order valence-electron chi connectivity index (χ4n) is 1.63. The van der Waals surface area contributed by atoms with Gasteiger partial charge in [-0.2, -0.15) is 0 Å². The standard InChI is InChI=1S/C15H15BrN2O/c1-12(16)15(19)17-18(13-8-4-2-5-9-13)14-10-6-3-7-11-14/h2-12H,1H3,(H,17,19). The summed E-state index contributed by atoms with van der Waals surface area (Å²) in [6, 6.07) is 19.5. The number of rotatable bonds is 4. The van der Waals surface area contributed by atoms with Gasteiger partial charge in [-0.3, -0.25) is 15.2 Å². The summed E-state index contributed by atoms with van der Waals surface area (Å²) in [5, 5.41) is 1.78. The second kappa shape index (κ2) is 6.38. The molecule has 1 N–H and O–H groups in total. The van der Waals surface area contributed by atoms with Crippen LogP contribution in [-0.2, 0) is 4.79 Å². The van der Waals surface area contributed by atoms with Gasteiger partial charge in [0, 0.05) is 0 Å². The van der Waals surface area contributed by atoms with Crippen molar-refractivity contribution < 1.29 is 4.79 Å². The van der Waals surface area contributed by atoms with E-state index in [1.54, 1.807) is 11.9 Å². The molecule has 0 aliphatic rings. The van der Waals surface area contributed by atoms with Crippen molar-refractivity contribution in [2.24, 2.45) is 0 Å². The first kappa shape index (κ1) is 13.6. The van der Waals surface area contributed by atoms with Crippen LogP contribution in [0.15, 0.2) is 60.7 Å². The lowest BCUT2D eigenvalue weighted by atomic mass is 10.2. The highest BCUT2D eigenvalue weighted by Gasteiger charge is 2.15. The van der Waals surface area contributed by atoms with Crippen LogP contribution in [0.3, 0.4) is 0 Å². The predicted octanol–water partition coefficient (Wildman–Crippen LogP) is 3.64. The molecule has 0 aliphatic carbocycles. The van der Waals surface area contributed by atoms with Crippen LogP contribution >= 0.6 is 15.9 Å². The Hall–Kier alpha value is -1.81. The Kier molecular flexibility index (Phi) is 4.58. The Labute approximate surface area is 121 Å². The normalized spacial score (nSPS) is 11.7. The summed E-state index contributed by atoms with van der Waals surface area (Å²) in [5.74, 6) is -0.0901. The Bertz CT molecular complexity index is 489. The highest BCUT2D eigenvalue weighted by atomic mass is 79.9. The lowest BCUT2D eigenvalue weighted by molar-refractivity contribution is -0.120. The Morgan fingerprint density at radius 1 is 1.00 bits per heavy atom. The van der Waals surface area contributed by atoms with Crippen molar-refractivity contribution >= 4 is 33.2 Å². The van der Waals surface area contributed by atoms with Crippen LogP contribution in [-0.4, -0.2) is 10.7 Å². The van der Waals surface area contributed by atoms with E-state index in [0.29, 0.717) is 0 Å². The molecule has 0 bridgehead atoms. The number of para-hydroxylation sites is 2. The predicted molar refractivity (Wildman–Crippen MR) is 81.6 cm³/mol. The molecule has 98 valence electrons. The average Bonchev–Trinajstić information content (AvgIpc) is 2.46. The van der Waals surface area contributed by atoms with Gasteiger partial charge in [0.1, 0.15) is 0 Å². The van der Waals surface area contributed by atoms with E-state index in [4.69, 9.17) is 0 Å². The third kappa shape index (κ3) is 3.58. The molecule has 0 saturated heterocycles. The lowest BCUT2D eigenvalue weighted by Crippen LogP contribution is -2.42. The summed E-state index contributed by atoms with van der Waals surface area (Å²) >= 11 is 3.27. The number of hydrazine groups is 1. The molecule has 2 rings (SSSR count). The number of anilines is 2. The highest BCUT2D eigenvalue weighted by Crippen LogP contribution is 2.22. The van der Waals surface area contributed by atoms with Crippen LogP contribution in [0.25, 0.3) is 0 Å². The minimum Gasteiger partial charge on any atom is -0.272 e. The van der Waals surface area contributed by atoms with Crippen molar-refractivity contribution in [2.75, 3.05) is 5.01 Å². The number of benzene rings is 2. The molecule has 0 aliphatic heterocycles. The number of halogens is 1. The average molecular weight is 319 g/mol. The number of amides is 1. The van der Waals surface area contributed by atoms with Crippen molar-refractivity contribution in [3.05, 3.63) is 60.7 Å². The third-order valence-corrected chi connectivity index (χ3v) is 3.03. The number of hydrogen-bond acceptors (Lipinski definition) is 2. The highest BCUT2D eigenvalue weighted by molar-refractivity contribution is 9.10. The van der Waals surface area contributed by atoms with Crippen LogP contribution in [0, 0.1) is 0 Å². The topological polar surface area (TPSA) is 32.3 Å². The van der Waals surface area contributed by atoms with E-state index in [1.165, 1.54) is 0 Å². The van der Waals surface area contributed by atoms with Crippen LogP contribution in [0.2, 0.25) is 0 Å². The third-order valence-electron chi connectivity index (χ3n) is 2.61. The van der Waals surface area contributed by atoms with Crippen molar-refractivity contribution in [2.45, 2.75) is 11.8 Å². The summed E-state index contributed by atoms with van der Waals surface area (Å²) < 4.78 is 0. The van der Waals surface area contributed by atoms with E-state index in [2.05, 4.69) is 21.4 Å². The molecule has 0 heterocycles. The largest absolute Gasteiger partial charge is 0.272 e. The quantitative estimate of drug-likeness (QED) is 0.689. The summed E-state index contributed by atoms with van der Waals surface area (Å²) in [7, 11) is 0. The second-order valence-electron chi connectivity index (χ2n) is 4.10. The van der Waals surface area contributed by atoms with Gasteiger partial charge in [-0.05, 0) is 31.2 Å². The first-order valence-electron chi connectivity index (χ1n) is 6.03. The van der Waals surface area contributed by atoms with Crippen molar-refractivity contribution in [1.82, 2.24) is 5.43 Å². The first-order chi connectivity index (χ1) is 9.18. The molecule has 1 unspecified atom stereocenters. The number of nitrogens with zero attached hydrogens (tertiary/aromatic N) is 1. The zero-order chi connectivity index (χ0) is 13.7. The van der Waals surface area contributed by atoms with Crippen LogP contribution in [0.5, 0.6) is 0 Å². The molecule has 3 nitrogen and oxygen atoms in total. The molecule has 0 fully saturated rings. The first-order valence-corrected chi connectivity index (χ1v) is 6.95. The Morgan fingerprint density at radius 3 is 1.79 bits per heavy atom. The molecular formula is C15H15BrN2O. The van der Waals surface area contributed by atoms with Crippen LogP contribution in [0.1, 0.15) is 6.92 Å². The molecule has 0 aromatic heterocycles. The summed E-state index contributed by atoms with van der Waals surface area (Å²) in [4.78, 5) is 11.7. The van der Waals surface area contributed by atoms with Gasteiger partial charge in [0.25, 0.3) is 5.91 Å². The van der Waals surface area contributed by atoms with Crippen LogP contribution in [0.4, 0.5) is 11.4 Å². The molecule has 1 amide bonds. The molecule has 19 heavy (non-hydrogen) atoms. The van der Waals surface area contributed by atoms with Crippen molar-refractivity contribution in [3.8, 4) is 0 Å². The maximum Gasteiger partial charge on any atom is 0.252 e. The SMILES string of the molecule is CC(Br)C(=O)NN(c1ccccc1)c1ccccc1. The van der Waals surface area contributed by atoms with Crippen molar-refractivity contribution in [1.29, 1.82) is 0 Å². The Morgan fingerprint density at radius 2 is 1.42 bits per heavy atom. The van der Waals surface area contributed by atoms with Gasteiger partial charge < -0.3 is 0 Å². The second-order valence-corrected chi connectivity index (χ2v) is 5.47. The smallest absolute Gasteiger partial charge is 0.252 e. The van der Waals surface area contributed by atoms with E-state index in [-0.39, 0.29) is 10.7 Å². The number of carbonyl (C=O) groups is 1. The number of alkyl halides is 1. The monoisotopic (exact) mass is 318 g/mol. The van der Waals surface area contributed by atoms with E-state index in [0.717, 1.165) is 11.4 Å². The fourth-order valence-corrected chi connectivity index (χ4v) is 1.73. The van der Waals surface area contributed by atoms with Gasteiger partial charge >= 0.3 is 0 Å². The van der Waals surface area contributed by atoms with E-state index in [1.807, 2.05) is 60.7 Å². The molecule has 2 aromatic carbocycles. The molecule has 4 heteroatoms. The summed E-state index contributed by atoms with van der Waals surface area (Å²) in [6.07, 6.45) is 0. The minimum atomic E-state index is -0.248. The molecule has 0 spiro atoms. The van der Waals surface area contributed by atoms with E-state index in [9.17, 15) is 4.79 Å². The maximum atomic E-state index is 11.9. The van der Waals surface area contributed by atoms with Crippen LogP contribution < -0.4 is 10.4 Å². The number of hydrogen-bond donors (Lipinski definition) is 1. The van der Waals surface area contributed by atoms with Gasteiger partial charge in [0.15, 0.2) is 0 Å². The molecule has 2 aromatic rings. The molecule has 1 atom stereocenters. The van der Waals surface area contributed by atoms with Crippen molar-refractivity contribution in [3.63, 3.8) is 0 Å². The van der Waals surface area contributed by atoms with E-state index < -0.39 is 0 Å². The van der Waals surface area contributed by atoms with Gasteiger partial charge in [0.05, 0.1) is 16.2 Å². The zero-order valence-electron chi connectivity index (χ0n) is 10.6. The summed E-state index contributed by atoms with van der Waals surface area (Å²) in [5.41, 5.74) is 4.72. The number of carbonyl (C=O) groups excluding carboxylic acids is 1. The van der Waals surface area contributed by atoms with E-state index >= 15 is 0 Å². The lowest BCUT2D eigenvalue weighted by Gasteiger charge is -2.26. The molecule has 0 saturated carbocycles. The van der Waals surface area contributed by atoms with Gasteiger partial charge in [-0.15, -0.1) is 0 Å². The minimum absolute atomic E-state index is 0.0901. The van der Waals surface area contributed by atoms with Gasteiger partial charge in [-0.25, -0.2) is 0 Å². The van der Waals surface area contributed by atoms with Gasteiger partial charge in [-0.1, -0.05) is 52.3 Å². The summed E-state index contributed by atoms with van der Waals surface area (Å²) in [6.45, 7) is 1.80.